The van der Waals surface area contributed by atoms with Crippen LogP contribution >= 0.6 is 0 Å². The zero-order chi connectivity index (χ0) is 26.4. The highest BCUT2D eigenvalue weighted by Gasteiger charge is 2.34. The van der Waals surface area contributed by atoms with E-state index in [2.05, 4.69) is 10.2 Å². The van der Waals surface area contributed by atoms with Crippen LogP contribution in [0.25, 0.3) is 32.7 Å². The molecule has 38 heavy (non-hydrogen) atoms. The van der Waals surface area contributed by atoms with Crippen LogP contribution in [-0.4, -0.2) is 17.7 Å². The second-order valence-electron chi connectivity index (χ2n) is 8.87. The summed E-state index contributed by atoms with van der Waals surface area (Å²) in [4.78, 5) is 37.6. The number of hydrogen-bond acceptors (Lipinski definition) is 7. The maximum atomic E-state index is 13.5. The summed E-state index contributed by atoms with van der Waals surface area (Å²) >= 11 is 0. The van der Waals surface area contributed by atoms with E-state index >= 15 is 0 Å². The summed E-state index contributed by atoms with van der Waals surface area (Å²) < 4.78 is 11.2. The Morgan fingerprint density at radius 2 is 1.21 bits per heavy atom. The summed E-state index contributed by atoms with van der Waals surface area (Å²) in [5.74, 6) is -0.783. The monoisotopic (exact) mass is 500 g/mol. The third kappa shape index (κ3) is 3.72. The number of carbonyl (C=O) groups excluding carboxylic acids is 3. The van der Waals surface area contributed by atoms with E-state index < -0.39 is 11.9 Å². The molecule has 5 aromatic carbocycles. The van der Waals surface area contributed by atoms with E-state index in [1.165, 1.54) is 13.8 Å². The van der Waals surface area contributed by atoms with Crippen LogP contribution in [0.15, 0.2) is 95.2 Å². The molecule has 0 heterocycles. The number of ether oxygens (including phenoxy) is 2. The number of nitrogens with zero attached hydrogens (tertiary/aromatic N) is 2. The van der Waals surface area contributed by atoms with Crippen molar-refractivity contribution in [1.82, 2.24) is 0 Å². The number of esters is 2. The summed E-state index contributed by atoms with van der Waals surface area (Å²) in [6.07, 6.45) is 0. The van der Waals surface area contributed by atoms with Gasteiger partial charge in [0.25, 0.3) is 0 Å². The smallest absolute Gasteiger partial charge is 0.308 e. The highest BCUT2D eigenvalue weighted by atomic mass is 16.5. The lowest BCUT2D eigenvalue weighted by Gasteiger charge is -2.15. The molecule has 0 amide bonds. The molecular formula is C31H20N2O5. The number of hydrogen-bond donors (Lipinski definition) is 0. The molecule has 0 N–H and O–H groups in total. The number of fused-ring (bicyclic) bond motifs is 6. The van der Waals surface area contributed by atoms with Gasteiger partial charge in [-0.15, -0.1) is 10.2 Å². The molecule has 0 aliphatic heterocycles. The molecule has 0 radical (unpaired) electrons. The number of carbonyl (C=O) groups is 3. The Bertz CT molecular complexity index is 1860. The lowest BCUT2D eigenvalue weighted by atomic mass is 9.96. The number of ketones is 1. The summed E-state index contributed by atoms with van der Waals surface area (Å²) in [6, 6.07) is 25.6. The van der Waals surface area contributed by atoms with Crippen molar-refractivity contribution in [2.24, 2.45) is 10.2 Å². The van der Waals surface area contributed by atoms with Crippen molar-refractivity contribution < 1.29 is 23.9 Å². The van der Waals surface area contributed by atoms with Crippen molar-refractivity contribution in [3.63, 3.8) is 0 Å². The third-order valence-electron chi connectivity index (χ3n) is 6.42. The molecule has 1 aliphatic carbocycles. The molecule has 184 valence electrons. The first-order valence-corrected chi connectivity index (χ1v) is 12.0. The number of azo groups is 1. The Kier molecular flexibility index (Phi) is 5.53. The average Bonchev–Trinajstić information content (AvgIpc) is 3.21. The van der Waals surface area contributed by atoms with Gasteiger partial charge in [-0.05, 0) is 22.4 Å². The van der Waals surface area contributed by atoms with Gasteiger partial charge in [-0.3, -0.25) is 14.4 Å². The first-order valence-electron chi connectivity index (χ1n) is 12.0. The van der Waals surface area contributed by atoms with E-state index in [0.717, 1.165) is 10.8 Å². The minimum Gasteiger partial charge on any atom is -0.424 e. The number of rotatable bonds is 4. The quantitative estimate of drug-likeness (QED) is 0.142. The molecule has 0 saturated carbocycles. The Labute approximate surface area is 217 Å². The molecule has 0 unspecified atom stereocenters. The van der Waals surface area contributed by atoms with Crippen molar-refractivity contribution in [3.05, 3.63) is 96.1 Å². The fourth-order valence-corrected chi connectivity index (χ4v) is 4.94. The highest BCUT2D eigenvalue weighted by Crippen LogP contribution is 2.52. The summed E-state index contributed by atoms with van der Waals surface area (Å²) in [5.41, 5.74) is 2.81. The van der Waals surface area contributed by atoms with E-state index in [-0.39, 0.29) is 17.3 Å². The Morgan fingerprint density at radius 3 is 1.95 bits per heavy atom. The zero-order valence-electron chi connectivity index (χ0n) is 20.5. The van der Waals surface area contributed by atoms with Gasteiger partial charge in [0.05, 0.1) is 0 Å². The van der Waals surface area contributed by atoms with Crippen LogP contribution in [0.5, 0.6) is 11.5 Å². The lowest BCUT2D eigenvalue weighted by molar-refractivity contribution is -0.132. The minimum absolute atomic E-state index is 0.144. The molecule has 0 atom stereocenters. The molecule has 0 aromatic heterocycles. The van der Waals surface area contributed by atoms with Crippen molar-refractivity contribution in [1.29, 1.82) is 0 Å². The molecular weight excluding hydrogens is 480 g/mol. The molecule has 5 aromatic rings. The fourth-order valence-electron chi connectivity index (χ4n) is 4.94. The van der Waals surface area contributed by atoms with Gasteiger partial charge < -0.3 is 9.47 Å². The molecule has 7 nitrogen and oxygen atoms in total. The lowest BCUT2D eigenvalue weighted by Crippen LogP contribution is -2.05. The van der Waals surface area contributed by atoms with Crippen molar-refractivity contribution in [2.75, 3.05) is 0 Å². The van der Waals surface area contributed by atoms with Crippen molar-refractivity contribution >= 4 is 50.6 Å². The molecule has 0 fully saturated rings. The van der Waals surface area contributed by atoms with Crippen LogP contribution in [-0.2, 0) is 9.59 Å². The van der Waals surface area contributed by atoms with Crippen LogP contribution in [0, 0.1) is 0 Å². The zero-order valence-corrected chi connectivity index (χ0v) is 20.5. The fraction of sp³-hybridized carbons (Fsp3) is 0.0645. The maximum Gasteiger partial charge on any atom is 0.308 e. The van der Waals surface area contributed by atoms with Crippen LogP contribution in [0.3, 0.4) is 0 Å². The predicted molar refractivity (Wildman–Crippen MR) is 144 cm³/mol. The summed E-state index contributed by atoms with van der Waals surface area (Å²) in [6.45, 7) is 2.62. The second-order valence-corrected chi connectivity index (χ2v) is 8.87. The summed E-state index contributed by atoms with van der Waals surface area (Å²) in [5, 5.41) is 12.0. The Balaban J connectivity index is 1.67. The standard InChI is InChI=1S/C31H20N2O5/c1-17(34)37-25-16-15-19-9-3-4-10-20(19)28(25)32-33-29-23-13-7-5-11-21(23)26-27(31(29)38-18(2)35)22-12-6-8-14-24(22)30(26)36/h3-16H,1-2H3. The molecule has 0 spiro atoms. The second kappa shape index (κ2) is 9.05. The van der Waals surface area contributed by atoms with E-state index in [1.807, 2.05) is 66.7 Å². The first-order chi connectivity index (χ1) is 18.4. The van der Waals surface area contributed by atoms with Crippen LogP contribution in [0.2, 0.25) is 0 Å². The average molecular weight is 501 g/mol. The molecule has 6 rings (SSSR count). The molecule has 7 heteroatoms. The highest BCUT2D eigenvalue weighted by molar-refractivity contribution is 6.30. The largest absolute Gasteiger partial charge is 0.424 e. The van der Waals surface area contributed by atoms with Gasteiger partial charge in [-0.2, -0.15) is 0 Å². The predicted octanol–water partition coefficient (Wildman–Crippen LogP) is 7.47. The molecule has 1 aliphatic rings. The van der Waals surface area contributed by atoms with Gasteiger partial charge in [0.15, 0.2) is 17.3 Å². The van der Waals surface area contributed by atoms with Crippen LogP contribution in [0.1, 0.15) is 29.8 Å². The Hall–Kier alpha value is -5.17. The minimum atomic E-state index is -0.554. The SMILES string of the molecule is CC(=O)Oc1ccc2ccccc2c1N=Nc1c(OC(C)=O)c2c(c3ccccc13)C(=O)c1ccccc1-2. The topological polar surface area (TPSA) is 94.4 Å². The van der Waals surface area contributed by atoms with Crippen molar-refractivity contribution in [3.8, 4) is 22.6 Å². The van der Waals surface area contributed by atoms with Gasteiger partial charge in [-0.1, -0.05) is 78.9 Å². The third-order valence-corrected chi connectivity index (χ3v) is 6.42. The Morgan fingerprint density at radius 1 is 0.605 bits per heavy atom. The van der Waals surface area contributed by atoms with E-state index in [0.29, 0.717) is 44.4 Å². The van der Waals surface area contributed by atoms with Gasteiger partial charge >= 0.3 is 11.9 Å². The van der Waals surface area contributed by atoms with Crippen LogP contribution < -0.4 is 9.47 Å². The maximum absolute atomic E-state index is 13.5. The molecule has 0 bridgehead atoms. The first kappa shape index (κ1) is 23.2. The van der Waals surface area contributed by atoms with Gasteiger partial charge in [0.2, 0.25) is 0 Å². The van der Waals surface area contributed by atoms with Gasteiger partial charge in [-0.25, -0.2) is 0 Å². The van der Waals surface area contributed by atoms with E-state index in [4.69, 9.17) is 9.47 Å². The number of benzene rings is 5. The molecule has 0 saturated heterocycles. The van der Waals surface area contributed by atoms with Crippen molar-refractivity contribution in [2.45, 2.75) is 13.8 Å². The van der Waals surface area contributed by atoms with Gasteiger partial charge in [0.1, 0.15) is 11.4 Å². The van der Waals surface area contributed by atoms with Crippen LogP contribution in [0.4, 0.5) is 11.4 Å². The van der Waals surface area contributed by atoms with E-state index in [1.54, 1.807) is 18.2 Å². The van der Waals surface area contributed by atoms with E-state index in [9.17, 15) is 14.4 Å². The van der Waals surface area contributed by atoms with Gasteiger partial charge in [0, 0.05) is 41.3 Å². The normalized spacial score (nSPS) is 12.1. The summed E-state index contributed by atoms with van der Waals surface area (Å²) in [7, 11) is 0.